The zero-order chi connectivity index (χ0) is 21.6. The summed E-state index contributed by atoms with van der Waals surface area (Å²) in [5, 5.41) is 0.643. The lowest BCUT2D eigenvalue weighted by Gasteiger charge is -2.38. The van der Waals surface area contributed by atoms with Crippen LogP contribution in [0, 0.1) is 20.8 Å². The molecule has 0 aromatic heterocycles. The number of benzene rings is 2. The summed E-state index contributed by atoms with van der Waals surface area (Å²) in [4.78, 5) is 17.1. The van der Waals surface area contributed by atoms with Crippen LogP contribution < -0.4 is 10.5 Å². The molecule has 6 heteroatoms. The van der Waals surface area contributed by atoms with Crippen molar-refractivity contribution in [2.75, 3.05) is 38.5 Å². The Balaban J connectivity index is 1.39. The van der Waals surface area contributed by atoms with Crippen molar-refractivity contribution >= 4 is 23.2 Å². The number of carbonyl (C=O) groups is 1. The highest BCUT2D eigenvalue weighted by molar-refractivity contribution is 6.30. The molecular formula is C24H30ClN3O2. The SMILES string of the molecule is Cc1c(C)c2c(c(C)c1N)CC(C)(CN1CCN(C(=O)c3ccc(Cl)cc3)CC1)O2. The van der Waals surface area contributed by atoms with Gasteiger partial charge in [-0.05, 0) is 68.7 Å². The molecule has 2 N–H and O–H groups in total. The van der Waals surface area contributed by atoms with Crippen molar-refractivity contribution in [1.82, 2.24) is 9.80 Å². The van der Waals surface area contributed by atoms with Crippen LogP contribution in [0.15, 0.2) is 24.3 Å². The average Bonchev–Trinajstić information content (AvgIpc) is 3.09. The van der Waals surface area contributed by atoms with Crippen LogP contribution in [0.2, 0.25) is 5.02 Å². The third-order valence-corrected chi connectivity index (χ3v) is 6.90. The van der Waals surface area contributed by atoms with Crippen LogP contribution in [0.1, 0.15) is 39.5 Å². The number of piperazine rings is 1. The van der Waals surface area contributed by atoms with Gasteiger partial charge >= 0.3 is 0 Å². The molecule has 1 fully saturated rings. The Morgan fingerprint density at radius 1 is 1.07 bits per heavy atom. The molecule has 5 nitrogen and oxygen atoms in total. The molecule has 0 aliphatic carbocycles. The summed E-state index contributed by atoms with van der Waals surface area (Å²) in [6.07, 6.45) is 0.864. The Morgan fingerprint density at radius 3 is 2.33 bits per heavy atom. The number of hydrogen-bond donors (Lipinski definition) is 1. The number of rotatable bonds is 3. The van der Waals surface area contributed by atoms with Crippen LogP contribution in [0.3, 0.4) is 0 Å². The van der Waals surface area contributed by atoms with E-state index in [1.807, 2.05) is 4.90 Å². The lowest BCUT2D eigenvalue weighted by Crippen LogP contribution is -2.53. The molecule has 1 unspecified atom stereocenters. The van der Waals surface area contributed by atoms with E-state index in [9.17, 15) is 4.79 Å². The summed E-state index contributed by atoms with van der Waals surface area (Å²) in [5.74, 6) is 1.08. The molecule has 2 aliphatic rings. The van der Waals surface area contributed by atoms with Gasteiger partial charge in [0.05, 0.1) is 0 Å². The predicted octanol–water partition coefficient (Wildman–Crippen LogP) is 4.00. The van der Waals surface area contributed by atoms with E-state index < -0.39 is 0 Å². The van der Waals surface area contributed by atoms with Crippen LogP contribution >= 0.6 is 11.6 Å². The fraction of sp³-hybridized carbons (Fsp3) is 0.458. The molecule has 0 radical (unpaired) electrons. The van der Waals surface area contributed by atoms with Gasteiger partial charge in [-0.25, -0.2) is 0 Å². The van der Waals surface area contributed by atoms with Gasteiger partial charge in [0.25, 0.3) is 5.91 Å². The van der Waals surface area contributed by atoms with Crippen LogP contribution in [0.5, 0.6) is 5.75 Å². The zero-order valence-corrected chi connectivity index (χ0v) is 19.0. The first-order chi connectivity index (χ1) is 14.2. The third-order valence-electron chi connectivity index (χ3n) is 6.65. The molecule has 2 aromatic carbocycles. The summed E-state index contributed by atoms with van der Waals surface area (Å²) in [7, 11) is 0. The van der Waals surface area contributed by atoms with Gasteiger partial charge in [0.1, 0.15) is 11.4 Å². The molecule has 160 valence electrons. The van der Waals surface area contributed by atoms with Gasteiger partial charge in [0.15, 0.2) is 0 Å². The monoisotopic (exact) mass is 427 g/mol. The van der Waals surface area contributed by atoms with Crippen molar-refractivity contribution in [1.29, 1.82) is 0 Å². The number of hydrogen-bond acceptors (Lipinski definition) is 4. The van der Waals surface area contributed by atoms with Crippen molar-refractivity contribution in [3.8, 4) is 5.75 Å². The Morgan fingerprint density at radius 2 is 1.70 bits per heavy atom. The highest BCUT2D eigenvalue weighted by Gasteiger charge is 2.40. The fourth-order valence-electron chi connectivity index (χ4n) is 4.67. The first-order valence-corrected chi connectivity index (χ1v) is 10.9. The van der Waals surface area contributed by atoms with E-state index in [-0.39, 0.29) is 11.5 Å². The number of fused-ring (bicyclic) bond motifs is 1. The lowest BCUT2D eigenvalue weighted by molar-refractivity contribution is 0.0342. The number of nitrogens with zero attached hydrogens (tertiary/aromatic N) is 2. The van der Waals surface area contributed by atoms with Crippen molar-refractivity contribution in [3.05, 3.63) is 57.1 Å². The van der Waals surface area contributed by atoms with Gasteiger partial charge in [-0.3, -0.25) is 9.69 Å². The molecule has 4 rings (SSSR count). The van der Waals surface area contributed by atoms with Gasteiger partial charge in [-0.1, -0.05) is 11.6 Å². The lowest BCUT2D eigenvalue weighted by atomic mass is 9.91. The normalized spacial score (nSPS) is 21.4. The molecule has 0 bridgehead atoms. The summed E-state index contributed by atoms with van der Waals surface area (Å²) in [6.45, 7) is 12.4. The number of carbonyl (C=O) groups excluding carboxylic acids is 1. The van der Waals surface area contributed by atoms with Gasteiger partial charge in [0, 0.05) is 61.0 Å². The Kier molecular flexibility index (Phi) is 5.45. The largest absolute Gasteiger partial charge is 0.485 e. The minimum atomic E-state index is -0.277. The Hall–Kier alpha value is -2.24. The van der Waals surface area contributed by atoms with Crippen molar-refractivity contribution < 1.29 is 9.53 Å². The second-order valence-electron chi connectivity index (χ2n) is 8.90. The summed E-state index contributed by atoms with van der Waals surface area (Å²) < 4.78 is 6.51. The van der Waals surface area contributed by atoms with E-state index in [1.54, 1.807) is 24.3 Å². The first-order valence-electron chi connectivity index (χ1n) is 10.5. The molecule has 0 spiro atoms. The maximum atomic E-state index is 12.7. The number of nitrogen functional groups attached to an aromatic ring is 1. The minimum Gasteiger partial charge on any atom is -0.485 e. The Bertz CT molecular complexity index is 942. The van der Waals surface area contributed by atoms with Gasteiger partial charge in [0.2, 0.25) is 0 Å². The molecule has 30 heavy (non-hydrogen) atoms. The van der Waals surface area contributed by atoms with Crippen LogP contribution in [0.25, 0.3) is 0 Å². The molecule has 2 aromatic rings. The molecule has 2 aliphatic heterocycles. The summed E-state index contributed by atoms with van der Waals surface area (Å²) in [5.41, 5.74) is 12.3. The van der Waals surface area contributed by atoms with Gasteiger partial charge < -0.3 is 15.4 Å². The highest BCUT2D eigenvalue weighted by Crippen LogP contribution is 2.43. The topological polar surface area (TPSA) is 58.8 Å². The number of amides is 1. The van der Waals surface area contributed by atoms with Crippen LogP contribution in [-0.4, -0.2) is 54.0 Å². The second kappa shape index (κ2) is 7.78. The maximum Gasteiger partial charge on any atom is 0.253 e. The number of nitrogens with two attached hydrogens (primary N) is 1. The molecule has 0 saturated carbocycles. The molecule has 2 heterocycles. The standard InChI is InChI=1S/C24H30ClN3O2/c1-15-16(2)22-20(17(3)21(15)26)13-24(4,30-22)14-27-9-11-28(12-10-27)23(29)18-5-7-19(25)8-6-18/h5-8H,9-14,26H2,1-4H3. The summed E-state index contributed by atoms with van der Waals surface area (Å²) in [6, 6.07) is 7.11. The number of ether oxygens (including phenoxy) is 1. The summed E-state index contributed by atoms with van der Waals surface area (Å²) >= 11 is 5.94. The first kappa shape index (κ1) is 21.0. The van der Waals surface area contributed by atoms with Gasteiger partial charge in [-0.2, -0.15) is 0 Å². The third kappa shape index (κ3) is 3.77. The zero-order valence-electron chi connectivity index (χ0n) is 18.2. The molecule has 1 amide bonds. The molecule has 1 saturated heterocycles. The average molecular weight is 428 g/mol. The number of halogens is 1. The van der Waals surface area contributed by atoms with E-state index in [0.717, 1.165) is 54.2 Å². The predicted molar refractivity (Wildman–Crippen MR) is 122 cm³/mol. The second-order valence-corrected chi connectivity index (χ2v) is 9.34. The van der Waals surface area contributed by atoms with E-state index in [4.69, 9.17) is 22.1 Å². The quantitative estimate of drug-likeness (QED) is 0.752. The van der Waals surface area contributed by atoms with E-state index in [1.165, 1.54) is 5.56 Å². The van der Waals surface area contributed by atoms with E-state index in [2.05, 4.69) is 32.6 Å². The van der Waals surface area contributed by atoms with Gasteiger partial charge in [-0.15, -0.1) is 0 Å². The fourth-order valence-corrected chi connectivity index (χ4v) is 4.79. The number of anilines is 1. The van der Waals surface area contributed by atoms with Crippen molar-refractivity contribution in [2.45, 2.75) is 39.7 Å². The van der Waals surface area contributed by atoms with E-state index >= 15 is 0 Å². The van der Waals surface area contributed by atoms with Crippen LogP contribution in [-0.2, 0) is 6.42 Å². The highest BCUT2D eigenvalue weighted by atomic mass is 35.5. The minimum absolute atomic E-state index is 0.0687. The van der Waals surface area contributed by atoms with E-state index in [0.29, 0.717) is 23.7 Å². The molecule has 1 atom stereocenters. The van der Waals surface area contributed by atoms with Crippen molar-refractivity contribution in [2.24, 2.45) is 0 Å². The van der Waals surface area contributed by atoms with Crippen molar-refractivity contribution in [3.63, 3.8) is 0 Å². The smallest absolute Gasteiger partial charge is 0.253 e. The molecular weight excluding hydrogens is 398 g/mol. The Labute approximate surface area is 183 Å². The maximum absolute atomic E-state index is 12.7. The van der Waals surface area contributed by atoms with Crippen LogP contribution in [0.4, 0.5) is 5.69 Å².